The highest BCUT2D eigenvalue weighted by molar-refractivity contribution is 9.10. The van der Waals surface area contributed by atoms with E-state index >= 15 is 0 Å². The van der Waals surface area contributed by atoms with Gasteiger partial charge < -0.3 is 4.90 Å². The number of para-hydroxylation sites is 1. The maximum atomic E-state index is 13.6. The molecule has 0 amide bonds. The van der Waals surface area contributed by atoms with Gasteiger partial charge in [0.1, 0.15) is 17.7 Å². The lowest BCUT2D eigenvalue weighted by atomic mass is 9.99. The van der Waals surface area contributed by atoms with Crippen molar-refractivity contribution in [2.45, 2.75) is 18.9 Å². The van der Waals surface area contributed by atoms with Crippen LogP contribution in [-0.4, -0.2) is 30.7 Å². The normalized spacial score (nSPS) is 17.1. The second-order valence-electron chi connectivity index (χ2n) is 7.74. The first kappa shape index (κ1) is 19.0. The molecule has 1 aliphatic heterocycles. The number of rotatable bonds is 3. The molecule has 0 N–H and O–H groups in total. The van der Waals surface area contributed by atoms with Gasteiger partial charge in [0.2, 0.25) is 0 Å². The van der Waals surface area contributed by atoms with E-state index in [0.29, 0.717) is 27.8 Å². The fourth-order valence-electron chi connectivity index (χ4n) is 4.46. The van der Waals surface area contributed by atoms with Gasteiger partial charge in [0, 0.05) is 19.2 Å². The molecule has 0 bridgehead atoms. The van der Waals surface area contributed by atoms with Crippen LogP contribution in [0.15, 0.2) is 64.3 Å². The second kappa shape index (κ2) is 7.14. The van der Waals surface area contributed by atoms with Gasteiger partial charge in [0.25, 0.3) is 5.56 Å². The Kier molecular flexibility index (Phi) is 4.23. The summed E-state index contributed by atoms with van der Waals surface area (Å²) in [6.45, 7) is 0.755. The molecule has 32 heavy (non-hydrogen) atoms. The van der Waals surface area contributed by atoms with Crippen molar-refractivity contribution >= 4 is 32.8 Å². The van der Waals surface area contributed by atoms with Gasteiger partial charge in [0.15, 0.2) is 5.82 Å². The van der Waals surface area contributed by atoms with Gasteiger partial charge in [-0.15, -0.1) is 0 Å². The van der Waals surface area contributed by atoms with Crippen LogP contribution < -0.4 is 10.5 Å². The van der Waals surface area contributed by atoms with Crippen LogP contribution in [0, 0.1) is 11.3 Å². The van der Waals surface area contributed by atoms with Gasteiger partial charge in [-0.2, -0.15) is 10.4 Å². The summed E-state index contributed by atoms with van der Waals surface area (Å²) in [5, 5.41) is 14.4. The Balaban J connectivity index is 1.55. The van der Waals surface area contributed by atoms with E-state index in [2.05, 4.69) is 36.9 Å². The molecule has 156 valence electrons. The number of halogens is 1. The summed E-state index contributed by atoms with van der Waals surface area (Å²) in [5.74, 6) is 1.36. The van der Waals surface area contributed by atoms with Gasteiger partial charge in [-0.05, 0) is 40.5 Å². The molecule has 8 nitrogen and oxygen atoms in total. The highest BCUT2D eigenvalue weighted by Crippen LogP contribution is 2.41. The molecular weight excluding hydrogens is 470 g/mol. The van der Waals surface area contributed by atoms with Crippen molar-refractivity contribution < 1.29 is 0 Å². The van der Waals surface area contributed by atoms with E-state index in [0.717, 1.165) is 35.7 Å². The lowest BCUT2D eigenvalue weighted by Gasteiger charge is -2.42. The van der Waals surface area contributed by atoms with Crippen LogP contribution >= 0.6 is 15.9 Å². The predicted molar refractivity (Wildman–Crippen MR) is 123 cm³/mol. The highest BCUT2D eigenvalue weighted by atomic mass is 79.9. The van der Waals surface area contributed by atoms with Crippen molar-refractivity contribution in [2.75, 3.05) is 11.4 Å². The van der Waals surface area contributed by atoms with Crippen LogP contribution in [-0.2, 0) is 6.42 Å². The van der Waals surface area contributed by atoms with Crippen molar-refractivity contribution in [2.24, 2.45) is 0 Å². The van der Waals surface area contributed by atoms with Gasteiger partial charge >= 0.3 is 0 Å². The zero-order chi connectivity index (χ0) is 21.8. The van der Waals surface area contributed by atoms with E-state index in [4.69, 9.17) is 5.10 Å². The van der Waals surface area contributed by atoms with Crippen molar-refractivity contribution in [1.82, 2.24) is 24.1 Å². The first-order chi connectivity index (χ1) is 15.7. The predicted octanol–water partition coefficient (Wildman–Crippen LogP) is 3.45. The fraction of sp³-hybridized carbons (Fsp3) is 0.174. The zero-order valence-corrected chi connectivity index (χ0v) is 18.4. The molecule has 1 aromatic carbocycles. The van der Waals surface area contributed by atoms with E-state index in [-0.39, 0.29) is 11.6 Å². The average Bonchev–Trinajstić information content (AvgIpc) is 3.38. The van der Waals surface area contributed by atoms with Crippen LogP contribution in [0.1, 0.15) is 29.5 Å². The number of hydrogen-bond donors (Lipinski definition) is 0. The summed E-state index contributed by atoms with van der Waals surface area (Å²) in [6.07, 6.45) is 6.66. The van der Waals surface area contributed by atoms with Crippen LogP contribution in [0.25, 0.3) is 16.8 Å². The van der Waals surface area contributed by atoms with Gasteiger partial charge in [-0.3, -0.25) is 9.36 Å². The molecule has 0 spiro atoms. The van der Waals surface area contributed by atoms with E-state index in [9.17, 15) is 10.1 Å². The van der Waals surface area contributed by atoms with E-state index in [1.165, 1.54) is 0 Å². The van der Waals surface area contributed by atoms with Crippen LogP contribution in [0.2, 0.25) is 0 Å². The first-order valence-electron chi connectivity index (χ1n) is 10.2. The average molecular weight is 486 g/mol. The van der Waals surface area contributed by atoms with Crippen LogP contribution in [0.5, 0.6) is 0 Å². The molecule has 0 radical (unpaired) electrons. The Bertz CT molecular complexity index is 1510. The molecule has 1 fully saturated rings. The third kappa shape index (κ3) is 2.66. The minimum Gasteiger partial charge on any atom is -0.346 e. The number of benzene rings is 1. The maximum Gasteiger partial charge on any atom is 0.283 e. The largest absolute Gasteiger partial charge is 0.346 e. The van der Waals surface area contributed by atoms with E-state index < -0.39 is 0 Å². The monoisotopic (exact) mass is 485 g/mol. The SMILES string of the molecule is N#CC1=CCc2ncnc(N3CC[C@H]3c3nn4ccc(Br)c4c(=O)n3-c3ccccc3)c21. The topological polar surface area (TPSA) is 92.1 Å². The Morgan fingerprint density at radius 3 is 2.75 bits per heavy atom. The Morgan fingerprint density at radius 1 is 1.16 bits per heavy atom. The third-order valence-corrected chi connectivity index (χ3v) is 6.70. The Morgan fingerprint density at radius 2 is 2.00 bits per heavy atom. The number of allylic oxidation sites excluding steroid dienone is 2. The quantitative estimate of drug-likeness (QED) is 0.441. The number of anilines is 1. The van der Waals surface area contributed by atoms with E-state index in [1.54, 1.807) is 21.6 Å². The molecule has 4 heterocycles. The Labute approximate surface area is 191 Å². The Hall–Kier alpha value is -3.77. The molecule has 0 unspecified atom stereocenters. The standard InChI is InChI=1S/C23H16BrN7O/c24-16-8-11-30-20(16)23(32)31(15-4-2-1-3-5-15)21(28-30)18-9-10-29(18)22-19-14(12-25)6-7-17(19)26-13-27-22/h1-6,8,11,13,18H,7,9-10H2/t18-/m0/s1. The van der Waals surface area contributed by atoms with Crippen molar-refractivity contribution in [3.05, 3.63) is 86.9 Å². The summed E-state index contributed by atoms with van der Waals surface area (Å²) < 4.78 is 4.01. The minimum absolute atomic E-state index is 0.143. The molecular formula is C23H16BrN7O. The van der Waals surface area contributed by atoms with Gasteiger partial charge in [0.05, 0.1) is 39.1 Å². The highest BCUT2D eigenvalue weighted by Gasteiger charge is 2.38. The molecule has 4 aromatic rings. The molecule has 2 aliphatic rings. The molecule has 1 atom stereocenters. The molecule has 1 aliphatic carbocycles. The number of fused-ring (bicyclic) bond motifs is 2. The fourth-order valence-corrected chi connectivity index (χ4v) is 4.93. The van der Waals surface area contributed by atoms with Crippen LogP contribution in [0.4, 0.5) is 5.82 Å². The molecule has 6 rings (SSSR count). The number of hydrogen-bond acceptors (Lipinski definition) is 6. The molecule has 9 heteroatoms. The van der Waals surface area contributed by atoms with Crippen LogP contribution in [0.3, 0.4) is 0 Å². The summed E-state index contributed by atoms with van der Waals surface area (Å²) in [6, 6.07) is 13.5. The van der Waals surface area contributed by atoms with E-state index in [1.807, 2.05) is 42.5 Å². The summed E-state index contributed by atoms with van der Waals surface area (Å²) >= 11 is 3.48. The summed E-state index contributed by atoms with van der Waals surface area (Å²) in [4.78, 5) is 24.6. The molecule has 1 saturated heterocycles. The van der Waals surface area contributed by atoms with Gasteiger partial charge in [-0.1, -0.05) is 24.3 Å². The van der Waals surface area contributed by atoms with Crippen molar-refractivity contribution in [1.29, 1.82) is 5.26 Å². The smallest absolute Gasteiger partial charge is 0.283 e. The molecule has 3 aromatic heterocycles. The summed E-state index contributed by atoms with van der Waals surface area (Å²) in [7, 11) is 0. The van der Waals surface area contributed by atoms with Crippen molar-refractivity contribution in [3.8, 4) is 11.8 Å². The first-order valence-corrected chi connectivity index (χ1v) is 11.0. The molecule has 0 saturated carbocycles. The maximum absolute atomic E-state index is 13.6. The lowest BCUT2D eigenvalue weighted by molar-refractivity contribution is 0.422. The number of nitriles is 1. The van der Waals surface area contributed by atoms with Crippen molar-refractivity contribution in [3.63, 3.8) is 0 Å². The lowest BCUT2D eigenvalue weighted by Crippen LogP contribution is -2.45. The number of nitrogens with zero attached hydrogens (tertiary/aromatic N) is 7. The zero-order valence-electron chi connectivity index (χ0n) is 16.8. The second-order valence-corrected chi connectivity index (χ2v) is 8.60. The van der Waals surface area contributed by atoms with Gasteiger partial charge in [-0.25, -0.2) is 14.5 Å². The number of aromatic nitrogens is 5. The summed E-state index contributed by atoms with van der Waals surface area (Å²) in [5.41, 5.74) is 3.34. The minimum atomic E-state index is -0.159. The third-order valence-electron chi connectivity index (χ3n) is 6.06.